The van der Waals surface area contributed by atoms with E-state index in [1.54, 1.807) is 18.4 Å². The smallest absolute Gasteiger partial charge is 0.238 e. The van der Waals surface area contributed by atoms with Crippen molar-refractivity contribution < 1.29 is 13.7 Å². The minimum Gasteiger partial charge on any atom is -0.461 e. The molecule has 24 heavy (non-hydrogen) atoms. The van der Waals surface area contributed by atoms with Gasteiger partial charge in [-0.3, -0.25) is 4.79 Å². The van der Waals surface area contributed by atoms with Gasteiger partial charge in [-0.25, -0.2) is 0 Å². The van der Waals surface area contributed by atoms with Crippen molar-refractivity contribution in [2.45, 2.75) is 32.7 Å². The Balaban J connectivity index is 1.51. The number of hydrogen-bond acceptors (Lipinski definition) is 5. The summed E-state index contributed by atoms with van der Waals surface area (Å²) in [4.78, 5) is 16.3. The molecule has 0 saturated heterocycles. The first-order valence-corrected chi connectivity index (χ1v) is 7.84. The average molecular weight is 325 g/mol. The van der Waals surface area contributed by atoms with E-state index >= 15 is 0 Å². The highest BCUT2D eigenvalue weighted by Crippen LogP contribution is 2.17. The topological polar surface area (TPSA) is 81.2 Å². The monoisotopic (exact) mass is 325 g/mol. The molecule has 0 spiro atoms. The van der Waals surface area contributed by atoms with Crippen molar-refractivity contribution in [2.75, 3.05) is 0 Å². The fourth-order valence-electron chi connectivity index (χ4n) is 2.33. The zero-order valence-electron chi connectivity index (χ0n) is 13.7. The predicted octanol–water partition coefficient (Wildman–Crippen LogP) is 3.45. The maximum absolute atomic E-state index is 12.1. The highest BCUT2D eigenvalue weighted by molar-refractivity contribution is 5.76. The molecule has 1 aromatic carbocycles. The first-order chi connectivity index (χ1) is 11.6. The molecule has 1 atom stereocenters. The lowest BCUT2D eigenvalue weighted by atomic mass is 10.1. The largest absolute Gasteiger partial charge is 0.461 e. The van der Waals surface area contributed by atoms with Crippen molar-refractivity contribution in [1.29, 1.82) is 0 Å². The number of nitrogens with zero attached hydrogens (tertiary/aromatic N) is 2. The van der Waals surface area contributed by atoms with E-state index < -0.39 is 0 Å². The third-order valence-electron chi connectivity index (χ3n) is 3.73. The summed E-state index contributed by atoms with van der Waals surface area (Å²) in [6, 6.07) is 11.6. The maximum Gasteiger partial charge on any atom is 0.238 e. The normalized spacial score (nSPS) is 12.1. The number of hydrogen-bond donors (Lipinski definition) is 1. The molecule has 0 saturated carbocycles. The molecular weight excluding hydrogens is 306 g/mol. The Morgan fingerprint density at radius 3 is 2.75 bits per heavy atom. The molecule has 1 amide bonds. The van der Waals surface area contributed by atoms with E-state index in [1.807, 2.05) is 38.1 Å². The Kier molecular flexibility index (Phi) is 4.74. The van der Waals surface area contributed by atoms with Crippen LogP contribution >= 0.6 is 0 Å². The van der Waals surface area contributed by atoms with Crippen molar-refractivity contribution in [2.24, 2.45) is 0 Å². The number of carbonyl (C=O) groups is 1. The number of aromatic nitrogens is 2. The molecule has 0 fully saturated rings. The lowest BCUT2D eigenvalue weighted by Crippen LogP contribution is -2.26. The number of aryl methyl sites for hydroxylation is 2. The van der Waals surface area contributed by atoms with Gasteiger partial charge in [0.05, 0.1) is 12.3 Å². The standard InChI is InChI=1S/C18H19N3O3/c1-12-5-7-14(8-6-12)13(2)19-16(22)9-10-17-20-18(21-24-17)15-4-3-11-23-15/h3-8,11,13H,9-10H2,1-2H3,(H,19,22). The van der Waals surface area contributed by atoms with Crippen LogP contribution in [0, 0.1) is 6.92 Å². The molecule has 6 nitrogen and oxygen atoms in total. The lowest BCUT2D eigenvalue weighted by Gasteiger charge is -2.14. The molecule has 3 rings (SSSR count). The van der Waals surface area contributed by atoms with Gasteiger partial charge in [0.15, 0.2) is 5.76 Å². The van der Waals surface area contributed by atoms with E-state index in [2.05, 4.69) is 15.5 Å². The van der Waals surface area contributed by atoms with Crippen LogP contribution in [-0.2, 0) is 11.2 Å². The Morgan fingerprint density at radius 1 is 1.25 bits per heavy atom. The summed E-state index contributed by atoms with van der Waals surface area (Å²) in [7, 11) is 0. The number of nitrogens with one attached hydrogen (secondary N) is 1. The summed E-state index contributed by atoms with van der Waals surface area (Å²) < 4.78 is 10.3. The fraction of sp³-hybridized carbons (Fsp3) is 0.278. The molecule has 3 aromatic rings. The zero-order valence-corrected chi connectivity index (χ0v) is 13.7. The summed E-state index contributed by atoms with van der Waals surface area (Å²) in [5.41, 5.74) is 2.27. The molecule has 0 aliphatic rings. The first-order valence-electron chi connectivity index (χ1n) is 7.84. The van der Waals surface area contributed by atoms with Crippen LogP contribution in [0.15, 0.2) is 51.6 Å². The van der Waals surface area contributed by atoms with Gasteiger partial charge in [-0.2, -0.15) is 4.98 Å². The van der Waals surface area contributed by atoms with E-state index in [-0.39, 0.29) is 18.4 Å². The van der Waals surface area contributed by atoms with E-state index in [0.29, 0.717) is 23.9 Å². The second kappa shape index (κ2) is 7.12. The second-order valence-corrected chi connectivity index (χ2v) is 5.69. The van der Waals surface area contributed by atoms with E-state index in [4.69, 9.17) is 8.94 Å². The van der Waals surface area contributed by atoms with Gasteiger partial charge in [0.2, 0.25) is 17.6 Å². The van der Waals surface area contributed by atoms with Gasteiger partial charge in [0.1, 0.15) is 0 Å². The van der Waals surface area contributed by atoms with Gasteiger partial charge >= 0.3 is 0 Å². The number of rotatable bonds is 6. The molecule has 0 radical (unpaired) electrons. The predicted molar refractivity (Wildman–Crippen MR) is 88.1 cm³/mol. The van der Waals surface area contributed by atoms with Crippen LogP contribution in [-0.4, -0.2) is 16.0 Å². The van der Waals surface area contributed by atoms with Crippen LogP contribution < -0.4 is 5.32 Å². The average Bonchev–Trinajstić information content (AvgIpc) is 3.25. The van der Waals surface area contributed by atoms with E-state index in [0.717, 1.165) is 5.56 Å². The molecule has 1 N–H and O–H groups in total. The van der Waals surface area contributed by atoms with Crippen LogP contribution in [0.1, 0.15) is 36.4 Å². The molecule has 0 bridgehead atoms. The summed E-state index contributed by atoms with van der Waals surface area (Å²) in [5.74, 6) is 1.30. The quantitative estimate of drug-likeness (QED) is 0.750. The lowest BCUT2D eigenvalue weighted by molar-refractivity contribution is -0.121. The number of furan rings is 1. The van der Waals surface area contributed by atoms with Gasteiger partial charge in [-0.05, 0) is 31.5 Å². The molecule has 6 heteroatoms. The van der Waals surface area contributed by atoms with Crippen molar-refractivity contribution in [3.63, 3.8) is 0 Å². The molecule has 1 unspecified atom stereocenters. The second-order valence-electron chi connectivity index (χ2n) is 5.69. The highest BCUT2D eigenvalue weighted by atomic mass is 16.5. The van der Waals surface area contributed by atoms with E-state index in [1.165, 1.54) is 5.56 Å². The Labute approximate surface area is 139 Å². The van der Waals surface area contributed by atoms with Crippen LogP contribution in [0.2, 0.25) is 0 Å². The first kappa shape index (κ1) is 16.0. The minimum absolute atomic E-state index is 0.0422. The molecule has 0 aliphatic carbocycles. The molecule has 2 heterocycles. The third-order valence-corrected chi connectivity index (χ3v) is 3.73. The van der Waals surface area contributed by atoms with Gasteiger partial charge < -0.3 is 14.3 Å². The number of benzene rings is 1. The van der Waals surface area contributed by atoms with Crippen LogP contribution in [0.25, 0.3) is 11.6 Å². The molecule has 124 valence electrons. The maximum atomic E-state index is 12.1. The van der Waals surface area contributed by atoms with Gasteiger partial charge in [0.25, 0.3) is 0 Å². The summed E-state index contributed by atoms with van der Waals surface area (Å²) >= 11 is 0. The zero-order chi connectivity index (χ0) is 16.9. The van der Waals surface area contributed by atoms with Gasteiger partial charge in [-0.1, -0.05) is 35.0 Å². The molecule has 2 aromatic heterocycles. The van der Waals surface area contributed by atoms with Crippen molar-refractivity contribution >= 4 is 5.91 Å². The van der Waals surface area contributed by atoms with Gasteiger partial charge in [0, 0.05) is 12.8 Å². The molecule has 0 aliphatic heterocycles. The van der Waals surface area contributed by atoms with Gasteiger partial charge in [-0.15, -0.1) is 0 Å². The highest BCUT2D eigenvalue weighted by Gasteiger charge is 2.14. The van der Waals surface area contributed by atoms with Crippen LogP contribution in [0.5, 0.6) is 0 Å². The van der Waals surface area contributed by atoms with Crippen molar-refractivity contribution in [3.8, 4) is 11.6 Å². The SMILES string of the molecule is Cc1ccc(C(C)NC(=O)CCc2nc(-c3ccco3)no2)cc1. The third kappa shape index (κ3) is 3.90. The Hall–Kier alpha value is -2.89. The summed E-state index contributed by atoms with van der Waals surface area (Å²) in [6.45, 7) is 4.00. The van der Waals surface area contributed by atoms with Crippen LogP contribution in [0.4, 0.5) is 0 Å². The minimum atomic E-state index is -0.0548. The number of carbonyl (C=O) groups excluding carboxylic acids is 1. The van der Waals surface area contributed by atoms with Crippen molar-refractivity contribution in [3.05, 3.63) is 59.7 Å². The number of amides is 1. The van der Waals surface area contributed by atoms with Crippen molar-refractivity contribution in [1.82, 2.24) is 15.5 Å². The molecular formula is C18H19N3O3. The Bertz CT molecular complexity index is 791. The van der Waals surface area contributed by atoms with Crippen LogP contribution in [0.3, 0.4) is 0 Å². The fourth-order valence-corrected chi connectivity index (χ4v) is 2.33. The Morgan fingerprint density at radius 2 is 2.04 bits per heavy atom. The summed E-state index contributed by atoms with van der Waals surface area (Å²) in [5, 5.41) is 6.81. The van der Waals surface area contributed by atoms with E-state index in [9.17, 15) is 4.79 Å². The summed E-state index contributed by atoms with van der Waals surface area (Å²) in [6.07, 6.45) is 2.22.